The highest BCUT2D eigenvalue weighted by Gasteiger charge is 2.06. The second-order valence-electron chi connectivity index (χ2n) is 6.07. The molecule has 3 rings (SSSR count). The van der Waals surface area contributed by atoms with Gasteiger partial charge in [0.25, 0.3) is 5.91 Å². The van der Waals surface area contributed by atoms with E-state index in [1.807, 2.05) is 36.4 Å². The molecule has 0 aliphatic rings. The number of ether oxygens (including phenoxy) is 1. The zero-order valence-corrected chi connectivity index (χ0v) is 14.8. The Morgan fingerprint density at radius 2 is 1.73 bits per heavy atom. The van der Waals surface area contributed by atoms with E-state index in [4.69, 9.17) is 4.74 Å². The lowest BCUT2D eigenvalue weighted by atomic mass is 10.1. The van der Waals surface area contributed by atoms with Crippen molar-refractivity contribution in [1.29, 1.82) is 0 Å². The molecule has 1 amide bonds. The fourth-order valence-electron chi connectivity index (χ4n) is 2.69. The number of hydrogen-bond acceptors (Lipinski definition) is 3. The predicted octanol–water partition coefficient (Wildman–Crippen LogP) is 4.76. The highest BCUT2D eigenvalue weighted by molar-refractivity contribution is 5.93. The van der Waals surface area contributed by atoms with Gasteiger partial charge in [0.1, 0.15) is 11.5 Å². The molecule has 0 saturated carbocycles. The van der Waals surface area contributed by atoms with E-state index >= 15 is 0 Å². The number of benzene rings is 2. The van der Waals surface area contributed by atoms with E-state index in [9.17, 15) is 4.79 Å². The summed E-state index contributed by atoms with van der Waals surface area (Å²) in [6, 6.07) is 19.4. The molecule has 2 aromatic carbocycles. The number of rotatable bonds is 7. The van der Waals surface area contributed by atoms with Gasteiger partial charge in [-0.05, 0) is 53.9 Å². The molecule has 4 heteroatoms. The molecule has 1 aromatic heterocycles. The van der Waals surface area contributed by atoms with Crippen molar-refractivity contribution in [3.05, 3.63) is 89.7 Å². The minimum absolute atomic E-state index is 0.142. The van der Waals surface area contributed by atoms with Gasteiger partial charge in [-0.1, -0.05) is 37.6 Å². The number of amides is 1. The molecule has 3 aromatic rings. The Morgan fingerprint density at radius 1 is 1.00 bits per heavy atom. The Labute approximate surface area is 153 Å². The Bertz CT molecular complexity index is 863. The highest BCUT2D eigenvalue weighted by Crippen LogP contribution is 2.23. The maximum Gasteiger partial charge on any atom is 0.253 e. The molecule has 0 fully saturated rings. The molecule has 0 aliphatic heterocycles. The minimum Gasteiger partial charge on any atom is -0.457 e. The van der Waals surface area contributed by atoms with Crippen LogP contribution < -0.4 is 10.1 Å². The molecule has 0 spiro atoms. The van der Waals surface area contributed by atoms with Gasteiger partial charge in [-0.25, -0.2) is 0 Å². The van der Waals surface area contributed by atoms with E-state index in [2.05, 4.69) is 29.4 Å². The molecule has 132 valence electrons. The maximum atomic E-state index is 12.1. The van der Waals surface area contributed by atoms with Gasteiger partial charge in [-0.3, -0.25) is 9.78 Å². The van der Waals surface area contributed by atoms with Gasteiger partial charge in [0.2, 0.25) is 0 Å². The molecule has 4 nitrogen and oxygen atoms in total. The molecule has 0 atom stereocenters. The van der Waals surface area contributed by atoms with Crippen molar-refractivity contribution in [2.24, 2.45) is 0 Å². The summed E-state index contributed by atoms with van der Waals surface area (Å²) >= 11 is 0. The third kappa shape index (κ3) is 4.93. The lowest BCUT2D eigenvalue weighted by molar-refractivity contribution is 0.0950. The summed E-state index contributed by atoms with van der Waals surface area (Å²) in [6.07, 6.45) is 5.35. The van der Waals surface area contributed by atoms with Crippen LogP contribution in [-0.2, 0) is 13.0 Å². The van der Waals surface area contributed by atoms with Crippen LogP contribution >= 0.6 is 0 Å². The first-order valence-corrected chi connectivity index (χ1v) is 8.78. The largest absolute Gasteiger partial charge is 0.457 e. The third-order valence-corrected chi connectivity index (χ3v) is 3.95. The van der Waals surface area contributed by atoms with Crippen LogP contribution in [0.25, 0.3) is 0 Å². The average Bonchev–Trinajstić information content (AvgIpc) is 2.68. The van der Waals surface area contributed by atoms with Crippen LogP contribution in [-0.4, -0.2) is 10.9 Å². The van der Waals surface area contributed by atoms with Gasteiger partial charge in [0.15, 0.2) is 0 Å². The lowest BCUT2D eigenvalue weighted by Crippen LogP contribution is -2.22. The van der Waals surface area contributed by atoms with Crippen molar-refractivity contribution in [1.82, 2.24) is 10.3 Å². The van der Waals surface area contributed by atoms with Crippen molar-refractivity contribution < 1.29 is 9.53 Å². The minimum atomic E-state index is -0.142. The second-order valence-corrected chi connectivity index (χ2v) is 6.07. The number of nitrogens with zero attached hydrogens (tertiary/aromatic N) is 1. The van der Waals surface area contributed by atoms with Crippen molar-refractivity contribution in [3.63, 3.8) is 0 Å². The van der Waals surface area contributed by atoms with E-state index < -0.39 is 0 Å². The molecule has 0 aliphatic carbocycles. The van der Waals surface area contributed by atoms with Crippen LogP contribution in [0.5, 0.6) is 11.5 Å². The molecule has 0 unspecified atom stereocenters. The molecule has 1 N–H and O–H groups in total. The zero-order chi connectivity index (χ0) is 18.2. The van der Waals surface area contributed by atoms with Crippen molar-refractivity contribution >= 4 is 5.91 Å². The second kappa shape index (κ2) is 8.81. The summed E-state index contributed by atoms with van der Waals surface area (Å²) in [5.41, 5.74) is 2.79. The Balaban J connectivity index is 1.63. The van der Waals surface area contributed by atoms with Gasteiger partial charge in [-0.2, -0.15) is 0 Å². The molecule has 0 radical (unpaired) electrons. The number of carbonyl (C=O) groups is 1. The zero-order valence-electron chi connectivity index (χ0n) is 14.8. The Morgan fingerprint density at radius 3 is 2.42 bits per heavy atom. The van der Waals surface area contributed by atoms with E-state index in [1.165, 1.54) is 5.56 Å². The first kappa shape index (κ1) is 17.7. The molecular weight excluding hydrogens is 324 g/mol. The smallest absolute Gasteiger partial charge is 0.253 e. The van der Waals surface area contributed by atoms with Gasteiger partial charge in [0.05, 0.1) is 5.56 Å². The number of pyridine rings is 1. The number of carbonyl (C=O) groups excluding carboxylic acids is 1. The normalized spacial score (nSPS) is 10.3. The highest BCUT2D eigenvalue weighted by atomic mass is 16.5. The summed E-state index contributed by atoms with van der Waals surface area (Å²) in [4.78, 5) is 16.1. The van der Waals surface area contributed by atoms with Gasteiger partial charge < -0.3 is 10.1 Å². The summed E-state index contributed by atoms with van der Waals surface area (Å²) in [6.45, 7) is 2.59. The maximum absolute atomic E-state index is 12.1. The van der Waals surface area contributed by atoms with Crippen LogP contribution in [0, 0.1) is 0 Å². The van der Waals surface area contributed by atoms with Crippen LogP contribution in [0.2, 0.25) is 0 Å². The van der Waals surface area contributed by atoms with Crippen molar-refractivity contribution in [2.75, 3.05) is 0 Å². The van der Waals surface area contributed by atoms with Gasteiger partial charge in [0, 0.05) is 18.9 Å². The van der Waals surface area contributed by atoms with Crippen LogP contribution in [0.3, 0.4) is 0 Å². The topological polar surface area (TPSA) is 51.2 Å². The number of hydrogen-bond donors (Lipinski definition) is 1. The fourth-order valence-corrected chi connectivity index (χ4v) is 2.69. The summed E-state index contributed by atoms with van der Waals surface area (Å²) < 4.78 is 5.97. The standard InChI is InChI=1S/C22H22N2O2/c1-2-6-17-7-3-10-20(13-17)26-21-11-4-8-18(14-21)15-24-22(25)19-9-5-12-23-16-19/h3-5,7-14,16H,2,6,15H2,1H3,(H,24,25). The van der Waals surface area contributed by atoms with E-state index in [1.54, 1.807) is 24.5 Å². The van der Waals surface area contributed by atoms with E-state index in [0.717, 1.165) is 29.9 Å². The third-order valence-electron chi connectivity index (χ3n) is 3.95. The Hall–Kier alpha value is -3.14. The average molecular weight is 346 g/mol. The number of aryl methyl sites for hydroxylation is 1. The molecule has 26 heavy (non-hydrogen) atoms. The molecule has 0 bridgehead atoms. The SMILES string of the molecule is CCCc1cccc(Oc2cccc(CNC(=O)c3cccnc3)c2)c1. The molecule has 1 heterocycles. The summed E-state index contributed by atoms with van der Waals surface area (Å²) in [7, 11) is 0. The molecule has 0 saturated heterocycles. The Kier molecular flexibility index (Phi) is 5.99. The van der Waals surface area contributed by atoms with Gasteiger partial charge >= 0.3 is 0 Å². The van der Waals surface area contributed by atoms with E-state index in [-0.39, 0.29) is 5.91 Å². The fraction of sp³-hybridized carbons (Fsp3) is 0.182. The monoisotopic (exact) mass is 346 g/mol. The molecular formula is C22H22N2O2. The first-order chi connectivity index (χ1) is 12.7. The number of aromatic nitrogens is 1. The van der Waals surface area contributed by atoms with Gasteiger partial charge in [-0.15, -0.1) is 0 Å². The first-order valence-electron chi connectivity index (χ1n) is 8.78. The quantitative estimate of drug-likeness (QED) is 0.671. The van der Waals surface area contributed by atoms with E-state index in [0.29, 0.717) is 12.1 Å². The van der Waals surface area contributed by atoms with Crippen molar-refractivity contribution in [2.45, 2.75) is 26.3 Å². The number of nitrogens with one attached hydrogen (secondary N) is 1. The van der Waals surface area contributed by atoms with Crippen LogP contribution in [0.15, 0.2) is 73.1 Å². The van der Waals surface area contributed by atoms with Crippen LogP contribution in [0.4, 0.5) is 0 Å². The van der Waals surface area contributed by atoms with Crippen molar-refractivity contribution in [3.8, 4) is 11.5 Å². The van der Waals surface area contributed by atoms with Crippen LogP contribution in [0.1, 0.15) is 34.8 Å². The lowest BCUT2D eigenvalue weighted by Gasteiger charge is -2.10. The summed E-state index contributed by atoms with van der Waals surface area (Å²) in [5, 5.41) is 2.90. The summed E-state index contributed by atoms with van der Waals surface area (Å²) in [5.74, 6) is 1.44. The predicted molar refractivity (Wildman–Crippen MR) is 102 cm³/mol.